The summed E-state index contributed by atoms with van der Waals surface area (Å²) in [5.74, 6) is 0. The zero-order valence-electron chi connectivity index (χ0n) is 4.41. The van der Waals surface area contributed by atoms with Crippen LogP contribution in [0.5, 0.6) is 0 Å². The first-order valence-corrected chi connectivity index (χ1v) is 4.59. The van der Waals surface area contributed by atoms with Crippen molar-refractivity contribution in [3.05, 3.63) is 0 Å². The quantitative estimate of drug-likeness (QED) is 0.297. The van der Waals surface area contributed by atoms with Crippen LogP contribution in [0.15, 0.2) is 0 Å². The fourth-order valence-corrected chi connectivity index (χ4v) is 1.25. The molecule has 0 radical (unpaired) electrons. The number of hydrogen-bond acceptors (Lipinski definition) is 3. The normalized spacial score (nSPS) is 8.86. The molecule has 0 saturated heterocycles. The third kappa shape index (κ3) is 36.0. The fraction of sp³-hybridized carbons (Fsp3) is 0. The van der Waals surface area contributed by atoms with Crippen molar-refractivity contribution in [1.29, 1.82) is 0 Å². The van der Waals surface area contributed by atoms with Crippen LogP contribution < -0.4 is 0 Å². The molecule has 0 aliphatic rings. The second-order valence-electron chi connectivity index (χ2n) is 1.06. The topological polar surface area (TPSA) is 156 Å². The molecule has 0 aromatic rings. The zero-order chi connectivity index (χ0) is 7.71. The Hall–Kier alpha value is 4.22. The molecule has 0 saturated carbocycles. The van der Waals surface area contributed by atoms with Crippen LogP contribution in [0.3, 0.4) is 0 Å². The Kier molecular flexibility index (Phi) is 39.5. The molecule has 0 heterocycles. The summed E-state index contributed by atoms with van der Waals surface area (Å²) in [6.07, 6.45) is 0. The second-order valence-corrected chi connectivity index (χ2v) is 3.68. The van der Waals surface area contributed by atoms with Crippen molar-refractivity contribution in [2.45, 2.75) is 0 Å². The second kappa shape index (κ2) is 15.3. The van der Waals surface area contributed by atoms with Gasteiger partial charge in [0.05, 0.1) is 0 Å². The summed E-state index contributed by atoms with van der Waals surface area (Å²) in [6.45, 7) is 0. The number of hydrogen-bond donors (Lipinski definition) is 4. The number of rotatable bonds is 2. The van der Waals surface area contributed by atoms with Gasteiger partial charge in [-0.05, 0) is 0 Å². The Labute approximate surface area is 169 Å². The van der Waals surface area contributed by atoms with E-state index in [1.165, 1.54) is 0 Å². The Bertz CT molecular complexity index is 160. The van der Waals surface area contributed by atoms with Crippen LogP contribution in [0.1, 0.15) is 0 Å². The van der Waals surface area contributed by atoms with Gasteiger partial charge in [0.15, 0.2) is 0 Å². The molecular weight excluding hydrogens is 282 g/mol. The van der Waals surface area contributed by atoms with Gasteiger partial charge < -0.3 is 25.0 Å². The van der Waals surface area contributed by atoms with Crippen LogP contribution in [-0.4, -0.2) is 143 Å². The molecule has 0 atom stereocenters. The van der Waals surface area contributed by atoms with Gasteiger partial charge in [0.1, 0.15) is 0 Å². The molecule has 14 heteroatoms. The molecule has 0 aromatic heterocycles. The fourth-order valence-electron chi connectivity index (χ4n) is 0.139. The summed E-state index contributed by atoms with van der Waals surface area (Å²) in [6, 6.07) is 0. The van der Waals surface area contributed by atoms with Crippen LogP contribution >= 0.6 is 15.6 Å². The molecule has 0 aliphatic heterocycles. The van der Waals surface area contributed by atoms with E-state index in [0.717, 1.165) is 0 Å². The summed E-state index contributed by atoms with van der Waals surface area (Å²) >= 11 is 0. The van der Waals surface area contributed by atoms with Gasteiger partial charge in [0, 0.05) is 0 Å². The van der Waals surface area contributed by atoms with Crippen LogP contribution in [0.25, 0.3) is 0 Å². The van der Waals surface area contributed by atoms with Crippen LogP contribution in [0.4, 0.5) is 0 Å². The van der Waals surface area contributed by atoms with Crippen LogP contribution in [0, 0.1) is 0 Å². The summed E-state index contributed by atoms with van der Waals surface area (Å²) < 4.78 is 22.2. The van der Waals surface area contributed by atoms with E-state index >= 15 is 0 Å². The summed E-state index contributed by atoms with van der Waals surface area (Å²) in [5, 5.41) is 0. The minimum absolute atomic E-state index is 0. The number of phosphoric acid groups is 2. The standard InChI is InChI=1S/4Na.H4O7P2.H2O.4H/c;;;;1-8(2,3)7-9(4,5)6;;;;;/h;;;;(H2,1,2,3)(H2,4,5,6);1H2;;;;. The van der Waals surface area contributed by atoms with Crippen molar-refractivity contribution < 1.29 is 38.5 Å². The average molecular weight is 292 g/mol. The van der Waals surface area contributed by atoms with Crippen molar-refractivity contribution in [1.82, 2.24) is 0 Å². The maximum atomic E-state index is 9.63. The molecule has 0 fully saturated rings. The summed E-state index contributed by atoms with van der Waals surface area (Å²) in [4.78, 5) is 31.0. The van der Waals surface area contributed by atoms with E-state index in [1.54, 1.807) is 0 Å². The predicted octanol–water partition coefficient (Wildman–Crippen LogP) is -4.23. The Morgan fingerprint density at radius 3 is 0.857 bits per heavy atom. The molecule has 0 amide bonds. The molecule has 72 valence electrons. The first-order valence-electron chi connectivity index (χ1n) is 1.53. The van der Waals surface area contributed by atoms with E-state index in [1.807, 2.05) is 0 Å². The Balaban J connectivity index is -0.0000000320. The van der Waals surface area contributed by atoms with Crippen LogP contribution in [-0.2, 0) is 13.4 Å². The van der Waals surface area contributed by atoms with Gasteiger partial charge in [-0.1, -0.05) is 0 Å². The minimum atomic E-state index is -5.05. The van der Waals surface area contributed by atoms with Crippen molar-refractivity contribution in [2.75, 3.05) is 0 Å². The van der Waals surface area contributed by atoms with Gasteiger partial charge in [0.2, 0.25) is 0 Å². The van der Waals surface area contributed by atoms with Crippen molar-refractivity contribution in [3.8, 4) is 0 Å². The molecule has 0 aromatic carbocycles. The molecular formula is H10Na4O8P2. The van der Waals surface area contributed by atoms with Gasteiger partial charge in [0.25, 0.3) is 0 Å². The third-order valence-corrected chi connectivity index (χ3v) is 1.91. The van der Waals surface area contributed by atoms with E-state index in [4.69, 9.17) is 19.6 Å². The van der Waals surface area contributed by atoms with Crippen molar-refractivity contribution in [2.24, 2.45) is 0 Å². The summed E-state index contributed by atoms with van der Waals surface area (Å²) in [5.41, 5.74) is 0. The van der Waals surface area contributed by atoms with Gasteiger partial charge in [-0.25, -0.2) is 9.13 Å². The van der Waals surface area contributed by atoms with Gasteiger partial charge in [-0.15, -0.1) is 0 Å². The zero-order valence-corrected chi connectivity index (χ0v) is 6.20. The van der Waals surface area contributed by atoms with Crippen molar-refractivity contribution >= 4 is 134 Å². The molecule has 0 spiro atoms. The monoisotopic (exact) mass is 292 g/mol. The molecule has 14 heavy (non-hydrogen) atoms. The van der Waals surface area contributed by atoms with E-state index in [0.29, 0.717) is 0 Å². The van der Waals surface area contributed by atoms with Crippen molar-refractivity contribution in [3.63, 3.8) is 0 Å². The summed E-state index contributed by atoms with van der Waals surface area (Å²) in [7, 11) is -10.1. The molecule has 0 unspecified atom stereocenters. The average Bonchev–Trinajstić information content (AvgIpc) is 1.14. The Morgan fingerprint density at radius 2 is 0.857 bits per heavy atom. The van der Waals surface area contributed by atoms with Crippen LogP contribution in [0.2, 0.25) is 0 Å². The van der Waals surface area contributed by atoms with E-state index in [2.05, 4.69) is 4.31 Å². The third-order valence-electron chi connectivity index (χ3n) is 0.213. The molecule has 0 rings (SSSR count). The SMILES string of the molecule is O.O=P(O)(O)OP(=O)(O)O.[NaH].[NaH].[NaH].[NaH]. The predicted molar refractivity (Wildman–Crippen MR) is 57.4 cm³/mol. The van der Waals surface area contributed by atoms with E-state index < -0.39 is 15.6 Å². The molecule has 0 aliphatic carbocycles. The van der Waals surface area contributed by atoms with Gasteiger partial charge in [-0.2, -0.15) is 4.31 Å². The van der Waals surface area contributed by atoms with E-state index in [-0.39, 0.29) is 124 Å². The molecule has 8 nitrogen and oxygen atoms in total. The van der Waals surface area contributed by atoms with Gasteiger partial charge >= 0.3 is 134 Å². The molecule has 0 bridgehead atoms. The maximum absolute atomic E-state index is 9.63. The van der Waals surface area contributed by atoms with Gasteiger partial charge in [-0.3, -0.25) is 0 Å². The first kappa shape index (κ1) is 36.2. The molecule has 6 N–H and O–H groups in total. The van der Waals surface area contributed by atoms with E-state index in [9.17, 15) is 9.13 Å². The Morgan fingerprint density at radius 1 is 0.714 bits per heavy atom. The first-order chi connectivity index (χ1) is 3.71.